The van der Waals surface area contributed by atoms with Crippen LogP contribution in [0.2, 0.25) is 0 Å². The third-order valence-corrected chi connectivity index (χ3v) is 6.05. The monoisotopic (exact) mass is 469 g/mol. The Balaban J connectivity index is 1.83. The molecule has 7 nitrogen and oxygen atoms in total. The summed E-state index contributed by atoms with van der Waals surface area (Å²) >= 11 is 0. The van der Waals surface area contributed by atoms with Gasteiger partial charge in [-0.25, -0.2) is 4.98 Å². The van der Waals surface area contributed by atoms with Crippen molar-refractivity contribution >= 4 is 33.5 Å². The van der Waals surface area contributed by atoms with Gasteiger partial charge in [-0.05, 0) is 38.1 Å². The van der Waals surface area contributed by atoms with E-state index in [1.54, 1.807) is 36.6 Å². The van der Waals surface area contributed by atoms with Gasteiger partial charge in [0, 0.05) is 29.9 Å². The summed E-state index contributed by atoms with van der Waals surface area (Å²) in [5, 5.41) is 0.334. The highest BCUT2D eigenvalue weighted by molar-refractivity contribution is 6.06. The number of nitrogens with two attached hydrogens (primary N) is 1. The van der Waals surface area contributed by atoms with Crippen LogP contribution < -0.4 is 10.6 Å². The lowest BCUT2D eigenvalue weighted by atomic mass is 10.1. The summed E-state index contributed by atoms with van der Waals surface area (Å²) in [6.45, 7) is 5.78. The van der Waals surface area contributed by atoms with Crippen molar-refractivity contribution in [1.29, 1.82) is 0 Å². The Morgan fingerprint density at radius 3 is 2.47 bits per heavy atom. The van der Waals surface area contributed by atoms with Crippen LogP contribution in [-0.4, -0.2) is 46.7 Å². The number of primary amides is 1. The fraction of sp³-hybridized carbons (Fsp3) is 0.292. The lowest BCUT2D eigenvalue weighted by molar-refractivity contribution is -0.136. The minimum atomic E-state index is -4.55. The Bertz CT molecular complexity index is 1440. The number of alkyl halides is 3. The first-order valence-electron chi connectivity index (χ1n) is 10.8. The summed E-state index contributed by atoms with van der Waals surface area (Å²) in [5.74, 6) is -0.110. The van der Waals surface area contributed by atoms with Crippen molar-refractivity contribution in [3.05, 3.63) is 59.0 Å². The SMILES string of the molecule is Cc1cc(-n2c(C)nc3c(C(N)=O)cc(N4CCOCC4)cc32)c2cccc(C(F)(F)F)c2n1. The lowest BCUT2D eigenvalue weighted by Gasteiger charge is -2.29. The van der Waals surface area contributed by atoms with Crippen LogP contribution >= 0.6 is 0 Å². The third-order valence-electron chi connectivity index (χ3n) is 6.05. The zero-order chi connectivity index (χ0) is 24.2. The number of pyridine rings is 1. The van der Waals surface area contributed by atoms with Crippen LogP contribution in [0.1, 0.15) is 27.4 Å². The molecule has 2 aromatic heterocycles. The van der Waals surface area contributed by atoms with Crippen LogP contribution in [0.5, 0.6) is 0 Å². The number of ether oxygens (including phenoxy) is 1. The van der Waals surface area contributed by atoms with Crippen molar-refractivity contribution in [1.82, 2.24) is 14.5 Å². The van der Waals surface area contributed by atoms with E-state index in [2.05, 4.69) is 14.9 Å². The Morgan fingerprint density at radius 2 is 1.79 bits per heavy atom. The molecule has 176 valence electrons. The van der Waals surface area contributed by atoms with E-state index >= 15 is 0 Å². The van der Waals surface area contributed by atoms with Crippen LogP contribution in [0, 0.1) is 13.8 Å². The summed E-state index contributed by atoms with van der Waals surface area (Å²) in [7, 11) is 0. The predicted molar refractivity (Wildman–Crippen MR) is 122 cm³/mol. The van der Waals surface area contributed by atoms with Gasteiger partial charge in [-0.15, -0.1) is 0 Å². The van der Waals surface area contributed by atoms with E-state index < -0.39 is 17.6 Å². The minimum Gasteiger partial charge on any atom is -0.378 e. The predicted octanol–water partition coefficient (Wildman–Crippen LogP) is 4.14. The number of carbonyl (C=O) groups is 1. The quantitative estimate of drug-likeness (QED) is 0.487. The van der Waals surface area contributed by atoms with Crippen molar-refractivity contribution in [2.24, 2.45) is 5.73 Å². The second-order valence-electron chi connectivity index (χ2n) is 8.30. The fourth-order valence-corrected chi connectivity index (χ4v) is 4.54. The molecule has 4 aromatic rings. The number of aromatic nitrogens is 3. The zero-order valence-electron chi connectivity index (χ0n) is 18.6. The average molecular weight is 469 g/mol. The molecule has 1 amide bonds. The third kappa shape index (κ3) is 3.63. The van der Waals surface area contributed by atoms with Crippen LogP contribution in [0.3, 0.4) is 0 Å². The first-order chi connectivity index (χ1) is 16.1. The van der Waals surface area contributed by atoms with Gasteiger partial charge in [0.2, 0.25) is 0 Å². The maximum atomic E-state index is 13.7. The number of hydrogen-bond acceptors (Lipinski definition) is 5. The van der Waals surface area contributed by atoms with Crippen LogP contribution in [-0.2, 0) is 10.9 Å². The molecule has 0 atom stereocenters. The molecule has 0 saturated carbocycles. The van der Waals surface area contributed by atoms with E-state index in [0.29, 0.717) is 59.9 Å². The molecular formula is C24H22F3N5O2. The van der Waals surface area contributed by atoms with E-state index in [4.69, 9.17) is 10.5 Å². The second-order valence-corrected chi connectivity index (χ2v) is 8.30. The molecule has 2 aromatic carbocycles. The Labute approximate surface area is 192 Å². The van der Waals surface area contributed by atoms with Gasteiger partial charge in [0.15, 0.2) is 0 Å². The molecule has 0 bridgehead atoms. The first kappa shape index (κ1) is 22.1. The Kier molecular flexibility index (Phi) is 5.20. The molecule has 5 rings (SSSR count). The molecule has 0 aliphatic carbocycles. The highest BCUT2D eigenvalue weighted by Gasteiger charge is 2.34. The molecule has 0 spiro atoms. The van der Waals surface area contributed by atoms with E-state index in [0.717, 1.165) is 11.8 Å². The highest BCUT2D eigenvalue weighted by Crippen LogP contribution is 2.37. The van der Waals surface area contributed by atoms with Gasteiger partial charge in [-0.3, -0.25) is 14.3 Å². The van der Waals surface area contributed by atoms with E-state index in [-0.39, 0.29) is 11.1 Å². The molecule has 0 radical (unpaired) electrons. The number of hydrogen-bond donors (Lipinski definition) is 1. The van der Waals surface area contributed by atoms with Crippen molar-refractivity contribution < 1.29 is 22.7 Å². The summed E-state index contributed by atoms with van der Waals surface area (Å²) in [5.41, 5.74) is 7.70. The van der Waals surface area contributed by atoms with Gasteiger partial charge in [-0.2, -0.15) is 13.2 Å². The van der Waals surface area contributed by atoms with Gasteiger partial charge in [0.05, 0.1) is 41.1 Å². The molecule has 1 aliphatic rings. The molecule has 1 aliphatic heterocycles. The van der Waals surface area contributed by atoms with Gasteiger partial charge in [0.1, 0.15) is 11.3 Å². The number of rotatable bonds is 3. The molecule has 2 N–H and O–H groups in total. The van der Waals surface area contributed by atoms with E-state index in [1.807, 2.05) is 6.07 Å². The van der Waals surface area contributed by atoms with Crippen molar-refractivity contribution in [3.8, 4) is 5.69 Å². The second kappa shape index (κ2) is 7.98. The molecule has 3 heterocycles. The summed E-state index contributed by atoms with van der Waals surface area (Å²) in [4.78, 5) is 23.2. The maximum absolute atomic E-state index is 13.7. The fourth-order valence-electron chi connectivity index (χ4n) is 4.54. The van der Waals surface area contributed by atoms with Crippen LogP contribution in [0.15, 0.2) is 36.4 Å². The number of aryl methyl sites for hydroxylation is 2. The molecule has 10 heteroatoms. The molecule has 0 unspecified atom stereocenters. The topological polar surface area (TPSA) is 86.3 Å². The van der Waals surface area contributed by atoms with Gasteiger partial charge in [-0.1, -0.05) is 12.1 Å². The summed E-state index contributed by atoms with van der Waals surface area (Å²) in [6.07, 6.45) is -4.55. The number of anilines is 1. The lowest BCUT2D eigenvalue weighted by Crippen LogP contribution is -2.36. The van der Waals surface area contributed by atoms with Crippen molar-refractivity contribution in [3.63, 3.8) is 0 Å². The summed E-state index contributed by atoms with van der Waals surface area (Å²) < 4.78 is 48.4. The summed E-state index contributed by atoms with van der Waals surface area (Å²) in [6, 6.07) is 9.33. The van der Waals surface area contributed by atoms with Gasteiger partial charge < -0.3 is 15.4 Å². The Hall–Kier alpha value is -3.66. The zero-order valence-corrected chi connectivity index (χ0v) is 18.6. The number of carbonyl (C=O) groups excluding carboxylic acids is 1. The highest BCUT2D eigenvalue weighted by atomic mass is 19.4. The van der Waals surface area contributed by atoms with Crippen LogP contribution in [0.25, 0.3) is 27.6 Å². The number of halogens is 3. The number of nitrogens with zero attached hydrogens (tertiary/aromatic N) is 4. The number of fused-ring (bicyclic) bond motifs is 2. The maximum Gasteiger partial charge on any atom is 0.418 e. The smallest absolute Gasteiger partial charge is 0.378 e. The van der Waals surface area contributed by atoms with Crippen molar-refractivity contribution in [2.45, 2.75) is 20.0 Å². The number of imidazole rings is 1. The van der Waals surface area contributed by atoms with E-state index in [1.165, 1.54) is 6.07 Å². The van der Waals surface area contributed by atoms with Crippen LogP contribution in [0.4, 0.5) is 18.9 Å². The number of morpholine rings is 1. The van der Waals surface area contributed by atoms with E-state index in [9.17, 15) is 18.0 Å². The number of para-hydroxylation sites is 1. The van der Waals surface area contributed by atoms with Crippen molar-refractivity contribution in [2.75, 3.05) is 31.2 Å². The minimum absolute atomic E-state index is 0.134. The molecule has 34 heavy (non-hydrogen) atoms. The van der Waals surface area contributed by atoms with Gasteiger partial charge in [0.25, 0.3) is 5.91 Å². The average Bonchev–Trinajstić information content (AvgIpc) is 3.12. The molecular weight excluding hydrogens is 447 g/mol. The standard InChI is InChI=1S/C24H22F3N5O2/c1-13-10-19(16-4-3-5-18(21(16)29-13)24(25,26)27)32-14(2)30-22-17(23(28)33)11-15(12-20(22)32)31-6-8-34-9-7-31/h3-5,10-12H,6-9H2,1-2H3,(H2,28,33). The van der Waals surface area contributed by atoms with Gasteiger partial charge >= 0.3 is 6.18 Å². The molecule has 1 saturated heterocycles. The largest absolute Gasteiger partial charge is 0.418 e. The Morgan fingerprint density at radius 1 is 1.06 bits per heavy atom. The first-order valence-corrected chi connectivity index (χ1v) is 10.8. The molecule has 1 fully saturated rings. The number of benzene rings is 2. The number of amides is 1. The normalized spacial score (nSPS) is 14.8.